The Bertz CT molecular complexity index is 772. The molecule has 2 aromatic heterocycles. The van der Waals surface area contributed by atoms with E-state index >= 15 is 0 Å². The maximum absolute atomic E-state index is 12.0. The Hall–Kier alpha value is -2.54. The Labute approximate surface area is 134 Å². The van der Waals surface area contributed by atoms with E-state index < -0.39 is 0 Å². The monoisotopic (exact) mass is 358 g/mol. The molecular weight excluding hydrogens is 348 g/mol. The first-order valence-electron chi connectivity index (χ1n) is 6.49. The van der Waals surface area contributed by atoms with Crippen LogP contribution in [0.2, 0.25) is 0 Å². The van der Waals surface area contributed by atoms with E-state index in [1.807, 2.05) is 12.1 Å². The summed E-state index contributed by atoms with van der Waals surface area (Å²) in [5, 5.41) is 10.6. The van der Waals surface area contributed by atoms with Crippen molar-refractivity contribution in [3.63, 3.8) is 0 Å². The van der Waals surface area contributed by atoms with Crippen LogP contribution in [0, 0.1) is 0 Å². The summed E-state index contributed by atoms with van der Waals surface area (Å²) >= 11 is 3.33. The molecule has 110 valence electrons. The van der Waals surface area contributed by atoms with E-state index in [9.17, 15) is 4.79 Å². The fourth-order valence-corrected chi connectivity index (χ4v) is 2.06. The van der Waals surface area contributed by atoms with Crippen LogP contribution in [0.4, 0.5) is 0 Å². The smallest absolute Gasteiger partial charge is 0.251 e. The lowest BCUT2D eigenvalue weighted by Crippen LogP contribution is -2.22. The summed E-state index contributed by atoms with van der Waals surface area (Å²) in [5.41, 5.74) is 1.35. The van der Waals surface area contributed by atoms with Crippen LogP contribution >= 0.6 is 15.9 Å². The van der Waals surface area contributed by atoms with Gasteiger partial charge in [-0.3, -0.25) is 9.78 Å². The number of rotatable bonds is 4. The molecule has 0 unspecified atom stereocenters. The number of carbonyl (C=O) groups is 1. The molecule has 6 nitrogen and oxygen atoms in total. The molecular formula is C15H11BrN4O2. The molecule has 0 aliphatic rings. The van der Waals surface area contributed by atoms with Crippen molar-refractivity contribution >= 4 is 21.8 Å². The second kappa shape index (κ2) is 6.48. The van der Waals surface area contributed by atoms with Gasteiger partial charge in [-0.05, 0) is 36.4 Å². The van der Waals surface area contributed by atoms with Crippen molar-refractivity contribution in [1.82, 2.24) is 20.5 Å². The van der Waals surface area contributed by atoms with E-state index in [2.05, 4.69) is 36.4 Å². The Morgan fingerprint density at radius 3 is 2.55 bits per heavy atom. The lowest BCUT2D eigenvalue weighted by Gasteiger charge is -2.02. The summed E-state index contributed by atoms with van der Waals surface area (Å²) in [6.07, 6.45) is 3.29. The standard InChI is InChI=1S/C15H11BrN4O2/c16-12-3-1-10(2-4-12)14(21)18-9-13-19-20-15(22-13)11-5-7-17-8-6-11/h1-8H,9H2,(H,18,21). The van der Waals surface area contributed by atoms with Gasteiger partial charge in [0.15, 0.2) is 0 Å². The molecule has 0 fully saturated rings. The van der Waals surface area contributed by atoms with Crippen LogP contribution in [0.25, 0.3) is 11.5 Å². The third-order valence-electron chi connectivity index (χ3n) is 2.90. The number of halogens is 1. The average molecular weight is 359 g/mol. The van der Waals surface area contributed by atoms with Gasteiger partial charge >= 0.3 is 0 Å². The average Bonchev–Trinajstić information content (AvgIpc) is 3.03. The van der Waals surface area contributed by atoms with Gasteiger partial charge in [-0.1, -0.05) is 15.9 Å². The second-order valence-corrected chi connectivity index (χ2v) is 5.34. The predicted molar refractivity (Wildman–Crippen MR) is 82.8 cm³/mol. The molecule has 1 aromatic carbocycles. The van der Waals surface area contributed by atoms with E-state index in [1.54, 1.807) is 36.7 Å². The third kappa shape index (κ3) is 3.37. The first-order valence-corrected chi connectivity index (χ1v) is 7.28. The quantitative estimate of drug-likeness (QED) is 0.775. The summed E-state index contributed by atoms with van der Waals surface area (Å²) in [6.45, 7) is 0.174. The van der Waals surface area contributed by atoms with Crippen molar-refractivity contribution in [3.05, 3.63) is 64.7 Å². The predicted octanol–water partition coefficient (Wildman–Crippen LogP) is 2.82. The van der Waals surface area contributed by atoms with Crippen molar-refractivity contribution in [2.75, 3.05) is 0 Å². The van der Waals surface area contributed by atoms with Gasteiger partial charge in [0.25, 0.3) is 5.91 Å². The van der Waals surface area contributed by atoms with Crippen LogP contribution in [0.5, 0.6) is 0 Å². The van der Waals surface area contributed by atoms with Crippen LogP contribution in [-0.2, 0) is 6.54 Å². The normalized spacial score (nSPS) is 10.4. The lowest BCUT2D eigenvalue weighted by molar-refractivity contribution is 0.0947. The number of benzene rings is 1. The summed E-state index contributed by atoms with van der Waals surface area (Å²) in [6, 6.07) is 10.6. The molecule has 1 amide bonds. The fourth-order valence-electron chi connectivity index (χ4n) is 1.80. The maximum atomic E-state index is 12.0. The molecule has 0 saturated heterocycles. The summed E-state index contributed by atoms with van der Waals surface area (Å²) in [7, 11) is 0. The molecule has 0 aliphatic heterocycles. The number of nitrogens with zero attached hydrogens (tertiary/aromatic N) is 3. The Morgan fingerprint density at radius 1 is 1.09 bits per heavy atom. The molecule has 22 heavy (non-hydrogen) atoms. The largest absolute Gasteiger partial charge is 0.419 e. The van der Waals surface area contributed by atoms with Crippen molar-refractivity contribution in [3.8, 4) is 11.5 Å². The van der Waals surface area contributed by atoms with Gasteiger partial charge in [-0.15, -0.1) is 10.2 Å². The zero-order valence-corrected chi connectivity index (χ0v) is 12.9. The molecule has 0 spiro atoms. The molecule has 1 N–H and O–H groups in total. The van der Waals surface area contributed by atoms with E-state index in [-0.39, 0.29) is 12.5 Å². The number of hydrogen-bond donors (Lipinski definition) is 1. The van der Waals surface area contributed by atoms with Gasteiger partial charge in [0.1, 0.15) is 0 Å². The number of pyridine rings is 1. The van der Waals surface area contributed by atoms with Gasteiger partial charge < -0.3 is 9.73 Å². The highest BCUT2D eigenvalue weighted by Gasteiger charge is 2.10. The van der Waals surface area contributed by atoms with Crippen LogP contribution < -0.4 is 5.32 Å². The zero-order valence-electron chi connectivity index (χ0n) is 11.4. The Morgan fingerprint density at radius 2 is 1.82 bits per heavy atom. The summed E-state index contributed by atoms with van der Waals surface area (Å²) in [4.78, 5) is 15.9. The summed E-state index contributed by atoms with van der Waals surface area (Å²) < 4.78 is 6.42. The number of nitrogens with one attached hydrogen (secondary N) is 1. The highest BCUT2D eigenvalue weighted by Crippen LogP contribution is 2.16. The fraction of sp³-hybridized carbons (Fsp3) is 0.0667. The highest BCUT2D eigenvalue weighted by molar-refractivity contribution is 9.10. The summed E-state index contributed by atoms with van der Waals surface area (Å²) in [5.74, 6) is 0.545. The van der Waals surface area contributed by atoms with Crippen LogP contribution in [0.15, 0.2) is 57.7 Å². The van der Waals surface area contributed by atoms with Gasteiger partial charge in [-0.25, -0.2) is 0 Å². The van der Waals surface area contributed by atoms with Crippen molar-refractivity contribution in [2.24, 2.45) is 0 Å². The lowest BCUT2D eigenvalue weighted by atomic mass is 10.2. The van der Waals surface area contributed by atoms with Gasteiger partial charge in [0.05, 0.1) is 6.54 Å². The van der Waals surface area contributed by atoms with Crippen LogP contribution in [-0.4, -0.2) is 21.1 Å². The minimum atomic E-state index is -0.198. The molecule has 2 heterocycles. The molecule has 7 heteroatoms. The first-order chi connectivity index (χ1) is 10.7. The molecule has 0 radical (unpaired) electrons. The van der Waals surface area contributed by atoms with Gasteiger partial charge in [0.2, 0.25) is 11.8 Å². The first kappa shape index (κ1) is 14.4. The Balaban J connectivity index is 1.64. The van der Waals surface area contributed by atoms with Crippen molar-refractivity contribution in [2.45, 2.75) is 6.54 Å². The number of carbonyl (C=O) groups excluding carboxylic acids is 1. The molecule has 0 aliphatic carbocycles. The van der Waals surface area contributed by atoms with E-state index in [4.69, 9.17) is 4.42 Å². The highest BCUT2D eigenvalue weighted by atomic mass is 79.9. The number of hydrogen-bond acceptors (Lipinski definition) is 5. The number of aromatic nitrogens is 3. The topological polar surface area (TPSA) is 80.9 Å². The minimum absolute atomic E-state index is 0.174. The molecule has 3 aromatic rings. The zero-order chi connectivity index (χ0) is 15.4. The van der Waals surface area contributed by atoms with E-state index in [1.165, 1.54) is 0 Å². The van der Waals surface area contributed by atoms with Gasteiger partial charge in [0, 0.05) is 28.0 Å². The van der Waals surface area contributed by atoms with Crippen molar-refractivity contribution < 1.29 is 9.21 Å². The van der Waals surface area contributed by atoms with E-state index in [0.717, 1.165) is 10.0 Å². The number of amides is 1. The maximum Gasteiger partial charge on any atom is 0.251 e. The molecule has 0 atom stereocenters. The minimum Gasteiger partial charge on any atom is -0.419 e. The molecule has 0 saturated carbocycles. The van der Waals surface area contributed by atoms with Crippen LogP contribution in [0.1, 0.15) is 16.2 Å². The third-order valence-corrected chi connectivity index (χ3v) is 3.43. The van der Waals surface area contributed by atoms with Crippen molar-refractivity contribution in [1.29, 1.82) is 0 Å². The molecule has 0 bridgehead atoms. The SMILES string of the molecule is O=C(NCc1nnc(-c2ccncc2)o1)c1ccc(Br)cc1. The van der Waals surface area contributed by atoms with E-state index in [0.29, 0.717) is 17.3 Å². The Kier molecular flexibility index (Phi) is 4.24. The second-order valence-electron chi connectivity index (χ2n) is 4.43. The van der Waals surface area contributed by atoms with Gasteiger partial charge in [-0.2, -0.15) is 0 Å². The van der Waals surface area contributed by atoms with Crippen LogP contribution in [0.3, 0.4) is 0 Å². The molecule has 3 rings (SSSR count).